The topological polar surface area (TPSA) is 73.4 Å². The van der Waals surface area contributed by atoms with Gasteiger partial charge in [-0.1, -0.05) is 6.92 Å². The molecule has 0 radical (unpaired) electrons. The lowest BCUT2D eigenvalue weighted by Gasteiger charge is -2.33. The average Bonchev–Trinajstić information content (AvgIpc) is 2.69. The lowest BCUT2D eigenvalue weighted by Crippen LogP contribution is -2.39. The molecular formula is C21H28N6O. The van der Waals surface area contributed by atoms with Gasteiger partial charge in [-0.3, -0.25) is 9.88 Å². The molecule has 1 unspecified atom stereocenters. The maximum absolute atomic E-state index is 13.0. The average molecular weight is 380 g/mol. The van der Waals surface area contributed by atoms with Crippen molar-refractivity contribution >= 4 is 29.0 Å². The van der Waals surface area contributed by atoms with Crippen molar-refractivity contribution < 1.29 is 4.79 Å². The van der Waals surface area contributed by atoms with Crippen molar-refractivity contribution in [2.45, 2.75) is 32.6 Å². The van der Waals surface area contributed by atoms with E-state index < -0.39 is 0 Å². The predicted octanol–water partition coefficient (Wildman–Crippen LogP) is 3.96. The number of hydrogen-bond acceptors (Lipinski definition) is 5. The third kappa shape index (κ3) is 4.18. The van der Waals surface area contributed by atoms with Gasteiger partial charge in [0.1, 0.15) is 5.82 Å². The molecule has 2 aliphatic rings. The molecule has 4 heterocycles. The van der Waals surface area contributed by atoms with Crippen molar-refractivity contribution in [3.05, 3.63) is 36.7 Å². The number of nitrogens with one attached hydrogen (secondary N) is 2. The fourth-order valence-electron chi connectivity index (χ4n) is 3.90. The van der Waals surface area contributed by atoms with Crippen molar-refractivity contribution in [1.29, 1.82) is 0 Å². The molecule has 28 heavy (non-hydrogen) atoms. The highest BCUT2D eigenvalue weighted by atomic mass is 16.2. The number of pyridine rings is 2. The van der Waals surface area contributed by atoms with E-state index >= 15 is 0 Å². The second kappa shape index (κ2) is 8.46. The number of rotatable bonds is 2. The Morgan fingerprint density at radius 1 is 1.14 bits per heavy atom. The quantitative estimate of drug-likeness (QED) is 0.825. The molecule has 2 aromatic heterocycles. The van der Waals surface area contributed by atoms with Gasteiger partial charge in [-0.05, 0) is 55.9 Å². The smallest absolute Gasteiger partial charge is 0.327 e. The third-order valence-corrected chi connectivity index (χ3v) is 5.40. The summed E-state index contributed by atoms with van der Waals surface area (Å²) < 4.78 is 0. The number of hydrogen-bond donors (Lipinski definition) is 2. The molecule has 0 saturated carbocycles. The molecule has 7 nitrogen and oxygen atoms in total. The molecule has 1 saturated heterocycles. The maximum atomic E-state index is 13.0. The van der Waals surface area contributed by atoms with Crippen LogP contribution in [0.15, 0.2) is 36.7 Å². The van der Waals surface area contributed by atoms with E-state index in [4.69, 9.17) is 4.98 Å². The standard InChI is InChI=1S/C21H28N6O/c1-16-5-4-13-26(15-16)19-7-6-18-20(25-19)27(14-3-2-10-23-18)21(28)24-17-8-11-22-12-9-17/h6-9,11-12,16,23H,2-5,10,13-15H2,1H3,(H,22,24,28). The minimum absolute atomic E-state index is 0.159. The van der Waals surface area contributed by atoms with Crippen LogP contribution in [0, 0.1) is 5.92 Å². The van der Waals surface area contributed by atoms with Crippen LogP contribution in [0.1, 0.15) is 32.6 Å². The predicted molar refractivity (Wildman–Crippen MR) is 113 cm³/mol. The van der Waals surface area contributed by atoms with E-state index in [1.807, 2.05) is 0 Å². The second-order valence-corrected chi connectivity index (χ2v) is 7.69. The first-order valence-corrected chi connectivity index (χ1v) is 10.2. The second-order valence-electron chi connectivity index (χ2n) is 7.69. The first-order valence-electron chi connectivity index (χ1n) is 10.2. The van der Waals surface area contributed by atoms with Gasteiger partial charge in [0.15, 0.2) is 5.82 Å². The molecule has 0 aromatic carbocycles. The first-order chi connectivity index (χ1) is 13.7. The third-order valence-electron chi connectivity index (χ3n) is 5.40. The van der Waals surface area contributed by atoms with Crippen LogP contribution in [0.2, 0.25) is 0 Å². The lowest BCUT2D eigenvalue weighted by molar-refractivity contribution is 0.256. The largest absolute Gasteiger partial charge is 0.382 e. The van der Waals surface area contributed by atoms with Crippen LogP contribution >= 0.6 is 0 Å². The Labute approximate surface area is 166 Å². The summed E-state index contributed by atoms with van der Waals surface area (Å²) in [5, 5.41) is 6.41. The summed E-state index contributed by atoms with van der Waals surface area (Å²) in [7, 11) is 0. The molecular weight excluding hydrogens is 352 g/mol. The number of fused-ring (bicyclic) bond motifs is 1. The van der Waals surface area contributed by atoms with Gasteiger partial charge in [0.25, 0.3) is 0 Å². The Kier molecular flexibility index (Phi) is 5.60. The molecule has 1 fully saturated rings. The Bertz CT molecular complexity index is 812. The number of urea groups is 1. The van der Waals surface area contributed by atoms with Gasteiger partial charge in [0, 0.05) is 44.3 Å². The van der Waals surface area contributed by atoms with Gasteiger partial charge >= 0.3 is 6.03 Å². The number of amides is 2. The number of piperidine rings is 1. The molecule has 148 valence electrons. The zero-order valence-corrected chi connectivity index (χ0v) is 16.4. The van der Waals surface area contributed by atoms with Crippen molar-refractivity contribution in [3.63, 3.8) is 0 Å². The fourth-order valence-corrected chi connectivity index (χ4v) is 3.90. The van der Waals surface area contributed by atoms with Crippen LogP contribution < -0.4 is 20.4 Å². The molecule has 2 amide bonds. The fraction of sp³-hybridized carbons (Fsp3) is 0.476. The summed E-state index contributed by atoms with van der Waals surface area (Å²) in [6.07, 6.45) is 7.75. The van der Waals surface area contributed by atoms with Crippen LogP contribution in [0.3, 0.4) is 0 Å². The number of carbonyl (C=O) groups is 1. The number of anilines is 4. The van der Waals surface area contributed by atoms with Crippen LogP contribution in [0.4, 0.5) is 27.8 Å². The van der Waals surface area contributed by atoms with Gasteiger partial charge < -0.3 is 15.5 Å². The van der Waals surface area contributed by atoms with Crippen molar-refractivity contribution in [2.75, 3.05) is 46.6 Å². The highest BCUT2D eigenvalue weighted by Gasteiger charge is 2.24. The highest BCUT2D eigenvalue weighted by Crippen LogP contribution is 2.31. The Balaban J connectivity index is 1.62. The van der Waals surface area contributed by atoms with Crippen molar-refractivity contribution in [2.24, 2.45) is 5.92 Å². The first kappa shape index (κ1) is 18.5. The Morgan fingerprint density at radius 2 is 2.00 bits per heavy atom. The molecule has 2 aromatic rings. The Hall–Kier alpha value is -2.83. The monoisotopic (exact) mass is 380 g/mol. The van der Waals surface area contributed by atoms with Gasteiger partial charge in [-0.15, -0.1) is 0 Å². The summed E-state index contributed by atoms with van der Waals surface area (Å²) in [5.74, 6) is 2.33. The zero-order valence-electron chi connectivity index (χ0n) is 16.4. The normalized spacial score (nSPS) is 19.8. The van der Waals surface area contributed by atoms with E-state index in [0.717, 1.165) is 49.7 Å². The minimum Gasteiger partial charge on any atom is -0.382 e. The van der Waals surface area contributed by atoms with E-state index in [2.05, 4.69) is 39.6 Å². The van der Waals surface area contributed by atoms with Gasteiger partial charge in [0.05, 0.1) is 5.69 Å². The molecule has 1 atom stereocenters. The van der Waals surface area contributed by atoms with Crippen molar-refractivity contribution in [1.82, 2.24) is 9.97 Å². The molecule has 2 N–H and O–H groups in total. The SMILES string of the molecule is CC1CCCN(c2ccc3c(n2)N(C(=O)Nc2ccncc2)CCCCN3)C1. The van der Waals surface area contributed by atoms with Crippen LogP contribution in [-0.2, 0) is 0 Å². The van der Waals surface area contributed by atoms with Gasteiger partial charge in [-0.25, -0.2) is 9.78 Å². The summed E-state index contributed by atoms with van der Waals surface area (Å²) in [6, 6.07) is 7.56. The number of aromatic nitrogens is 2. The molecule has 7 heteroatoms. The van der Waals surface area contributed by atoms with Crippen LogP contribution in [0.25, 0.3) is 0 Å². The van der Waals surface area contributed by atoms with E-state index in [1.165, 1.54) is 12.8 Å². The van der Waals surface area contributed by atoms with Crippen LogP contribution in [0.5, 0.6) is 0 Å². The van der Waals surface area contributed by atoms with Gasteiger partial charge in [-0.2, -0.15) is 0 Å². The summed E-state index contributed by atoms with van der Waals surface area (Å²) in [5.41, 5.74) is 1.65. The van der Waals surface area contributed by atoms with Crippen molar-refractivity contribution in [3.8, 4) is 0 Å². The van der Waals surface area contributed by atoms with E-state index in [-0.39, 0.29) is 6.03 Å². The molecule has 0 bridgehead atoms. The summed E-state index contributed by atoms with van der Waals surface area (Å²) in [4.78, 5) is 26.1. The maximum Gasteiger partial charge on any atom is 0.327 e. The summed E-state index contributed by atoms with van der Waals surface area (Å²) in [6.45, 7) is 5.87. The van der Waals surface area contributed by atoms with E-state index in [9.17, 15) is 4.79 Å². The van der Waals surface area contributed by atoms with E-state index in [1.54, 1.807) is 29.4 Å². The Morgan fingerprint density at radius 3 is 2.82 bits per heavy atom. The molecule has 0 spiro atoms. The molecule has 0 aliphatic carbocycles. The molecule has 2 aliphatic heterocycles. The summed E-state index contributed by atoms with van der Waals surface area (Å²) >= 11 is 0. The highest BCUT2D eigenvalue weighted by molar-refractivity contribution is 6.03. The van der Waals surface area contributed by atoms with E-state index in [0.29, 0.717) is 18.3 Å². The van der Waals surface area contributed by atoms with Gasteiger partial charge in [0.2, 0.25) is 0 Å². The lowest BCUT2D eigenvalue weighted by atomic mass is 10.0. The number of nitrogens with zero attached hydrogens (tertiary/aromatic N) is 4. The minimum atomic E-state index is -0.159. The van der Waals surface area contributed by atoms with Crippen LogP contribution in [-0.4, -0.2) is 42.2 Å². The number of carbonyl (C=O) groups excluding carboxylic acids is 1. The molecule has 4 rings (SSSR count). The zero-order chi connectivity index (χ0) is 19.3.